The summed E-state index contributed by atoms with van der Waals surface area (Å²) in [7, 11) is 0. The summed E-state index contributed by atoms with van der Waals surface area (Å²) >= 11 is 0. The van der Waals surface area contributed by atoms with Gasteiger partial charge in [0.15, 0.2) is 0 Å². The van der Waals surface area contributed by atoms with E-state index in [1.807, 2.05) is 12.3 Å². The molecule has 1 aromatic rings. The first-order valence-corrected chi connectivity index (χ1v) is 3.60. The molecule has 0 saturated heterocycles. The Morgan fingerprint density at radius 2 is 2.50 bits per heavy atom. The molecule has 1 heterocycles. The minimum Gasteiger partial charge on any atom is -0.289 e. The van der Waals surface area contributed by atoms with E-state index in [0.717, 1.165) is 0 Å². The fourth-order valence-corrected chi connectivity index (χ4v) is 0.770. The molecule has 5 nitrogen and oxygen atoms in total. The maximum atomic E-state index is 11.0. The highest BCUT2D eigenvalue weighted by Gasteiger charge is 2.04. The Morgan fingerprint density at radius 3 is 3.08 bits per heavy atom. The maximum absolute atomic E-state index is 11.0. The van der Waals surface area contributed by atoms with Crippen molar-refractivity contribution in [2.24, 2.45) is 5.84 Å². The molecule has 0 aliphatic heterocycles. The fraction of sp³-hybridized carbons (Fsp3) is 0.286. The second kappa shape index (κ2) is 3.77. The average Bonchev–Trinajstić information content (AvgIpc) is 2.17. The number of carbonyl (C=O) groups is 1. The topological polar surface area (TPSA) is 80.9 Å². The number of hydrogen-bond acceptors (Lipinski definition) is 4. The number of carbonyl (C=O) groups excluding carboxylic acids is 1. The smallest absolute Gasteiger partial charge is 0.283 e. The van der Waals surface area contributed by atoms with Gasteiger partial charge in [-0.3, -0.25) is 10.2 Å². The lowest BCUT2D eigenvalue weighted by Gasteiger charge is -1.99. The normalized spacial score (nSPS) is 9.50. The number of aryl methyl sites for hydroxylation is 1. The van der Waals surface area contributed by atoms with E-state index in [-0.39, 0.29) is 0 Å². The van der Waals surface area contributed by atoms with Crippen LogP contribution in [-0.4, -0.2) is 15.9 Å². The summed E-state index contributed by atoms with van der Waals surface area (Å²) in [5.41, 5.74) is 2.30. The van der Waals surface area contributed by atoms with Crippen LogP contribution in [0.2, 0.25) is 0 Å². The van der Waals surface area contributed by atoms with Crippen LogP contribution in [0.5, 0.6) is 0 Å². The summed E-state index contributed by atoms with van der Waals surface area (Å²) in [6.07, 6.45) is 2.24. The summed E-state index contributed by atoms with van der Waals surface area (Å²) < 4.78 is 0. The molecule has 1 amide bonds. The third-order valence-electron chi connectivity index (χ3n) is 1.39. The van der Waals surface area contributed by atoms with Gasteiger partial charge in [0.2, 0.25) is 0 Å². The Bertz CT molecular complexity index is 286. The molecule has 0 spiro atoms. The number of hydrazine groups is 1. The molecule has 0 aromatic carbocycles. The molecule has 0 saturated carbocycles. The zero-order valence-electron chi connectivity index (χ0n) is 6.74. The fourth-order valence-electron chi connectivity index (χ4n) is 0.770. The van der Waals surface area contributed by atoms with E-state index in [0.29, 0.717) is 17.9 Å². The van der Waals surface area contributed by atoms with Gasteiger partial charge in [0.25, 0.3) is 5.91 Å². The van der Waals surface area contributed by atoms with Gasteiger partial charge in [-0.15, -0.1) is 0 Å². The number of nitrogens with one attached hydrogen (secondary N) is 1. The van der Waals surface area contributed by atoms with Crippen molar-refractivity contribution in [2.45, 2.75) is 13.3 Å². The summed E-state index contributed by atoms with van der Waals surface area (Å²) in [6.45, 7) is 1.92. The highest BCUT2D eigenvalue weighted by Crippen LogP contribution is 1.95. The molecule has 0 radical (unpaired) electrons. The first-order valence-electron chi connectivity index (χ1n) is 3.60. The number of nitrogens with zero attached hydrogens (tertiary/aromatic N) is 2. The minimum absolute atomic E-state index is 0.296. The van der Waals surface area contributed by atoms with Crippen LogP contribution in [0, 0.1) is 0 Å². The van der Waals surface area contributed by atoms with Crippen molar-refractivity contribution in [2.75, 3.05) is 0 Å². The molecule has 1 rings (SSSR count). The largest absolute Gasteiger partial charge is 0.289 e. The van der Waals surface area contributed by atoms with Crippen molar-refractivity contribution in [1.29, 1.82) is 0 Å². The van der Waals surface area contributed by atoms with E-state index in [4.69, 9.17) is 5.84 Å². The lowest BCUT2D eigenvalue weighted by atomic mass is 10.3. The third kappa shape index (κ3) is 1.76. The predicted molar refractivity (Wildman–Crippen MR) is 43.1 cm³/mol. The van der Waals surface area contributed by atoms with Crippen LogP contribution in [0.25, 0.3) is 0 Å². The molecule has 0 aliphatic carbocycles. The zero-order valence-corrected chi connectivity index (χ0v) is 6.74. The van der Waals surface area contributed by atoms with Crippen LogP contribution in [0.4, 0.5) is 0 Å². The van der Waals surface area contributed by atoms with Crippen LogP contribution >= 0.6 is 0 Å². The average molecular weight is 166 g/mol. The Labute approximate surface area is 70.0 Å². The van der Waals surface area contributed by atoms with Gasteiger partial charge in [0.05, 0.1) is 0 Å². The van der Waals surface area contributed by atoms with Gasteiger partial charge in [-0.1, -0.05) is 6.92 Å². The maximum Gasteiger partial charge on any atom is 0.283 e. The molecule has 0 fully saturated rings. The molecule has 3 N–H and O–H groups in total. The van der Waals surface area contributed by atoms with Crippen LogP contribution < -0.4 is 11.3 Å². The predicted octanol–water partition coefficient (Wildman–Crippen LogP) is -0.358. The van der Waals surface area contributed by atoms with E-state index < -0.39 is 5.91 Å². The summed E-state index contributed by atoms with van der Waals surface area (Å²) in [5, 5.41) is 0. The van der Waals surface area contributed by atoms with Gasteiger partial charge >= 0.3 is 0 Å². The van der Waals surface area contributed by atoms with E-state index in [1.165, 1.54) is 12.3 Å². The molecule has 12 heavy (non-hydrogen) atoms. The van der Waals surface area contributed by atoms with Gasteiger partial charge in [-0.05, 0) is 6.07 Å². The first kappa shape index (κ1) is 8.61. The zero-order chi connectivity index (χ0) is 8.97. The van der Waals surface area contributed by atoms with Gasteiger partial charge in [0, 0.05) is 12.6 Å². The van der Waals surface area contributed by atoms with E-state index >= 15 is 0 Å². The summed E-state index contributed by atoms with van der Waals surface area (Å²) in [5.74, 6) is 5.17. The Morgan fingerprint density at radius 1 is 1.75 bits per heavy atom. The molecule has 0 atom stereocenters. The monoisotopic (exact) mass is 166 g/mol. The van der Waals surface area contributed by atoms with Crippen molar-refractivity contribution < 1.29 is 4.79 Å². The SMILES string of the molecule is CCc1nccc(C(=O)NN)n1. The Balaban J connectivity index is 2.93. The van der Waals surface area contributed by atoms with Gasteiger partial charge < -0.3 is 0 Å². The molecule has 1 aromatic heterocycles. The second-order valence-corrected chi connectivity index (χ2v) is 2.19. The van der Waals surface area contributed by atoms with Crippen LogP contribution in [0.15, 0.2) is 12.3 Å². The third-order valence-corrected chi connectivity index (χ3v) is 1.39. The Kier molecular flexibility index (Phi) is 2.71. The highest BCUT2D eigenvalue weighted by atomic mass is 16.2. The minimum atomic E-state index is -0.396. The van der Waals surface area contributed by atoms with Crippen LogP contribution in [0.1, 0.15) is 23.2 Å². The van der Waals surface area contributed by atoms with E-state index in [2.05, 4.69) is 9.97 Å². The lowest BCUT2D eigenvalue weighted by Crippen LogP contribution is -2.30. The lowest BCUT2D eigenvalue weighted by molar-refractivity contribution is 0.0948. The summed E-state index contributed by atoms with van der Waals surface area (Å²) in [4.78, 5) is 18.9. The van der Waals surface area contributed by atoms with E-state index in [9.17, 15) is 4.79 Å². The number of rotatable bonds is 2. The molecule has 0 unspecified atom stereocenters. The summed E-state index contributed by atoms with van der Waals surface area (Å²) in [6, 6.07) is 1.52. The first-order chi connectivity index (χ1) is 5.77. The number of nitrogens with two attached hydrogens (primary N) is 1. The number of nitrogen functional groups attached to an aromatic ring is 1. The van der Waals surface area contributed by atoms with Crippen LogP contribution in [0.3, 0.4) is 0 Å². The second-order valence-electron chi connectivity index (χ2n) is 2.19. The molecular formula is C7H10N4O. The number of hydrogen-bond donors (Lipinski definition) is 2. The van der Waals surface area contributed by atoms with Crippen molar-refractivity contribution >= 4 is 5.91 Å². The molecule has 0 aliphatic rings. The van der Waals surface area contributed by atoms with Crippen molar-refractivity contribution in [3.63, 3.8) is 0 Å². The Hall–Kier alpha value is -1.49. The molecule has 5 heteroatoms. The standard InChI is InChI=1S/C7H10N4O/c1-2-6-9-4-3-5(10-6)7(12)11-8/h3-4H,2,8H2,1H3,(H,11,12). The number of amides is 1. The molecular weight excluding hydrogens is 156 g/mol. The molecule has 0 bridgehead atoms. The van der Waals surface area contributed by atoms with Crippen molar-refractivity contribution in [1.82, 2.24) is 15.4 Å². The van der Waals surface area contributed by atoms with Gasteiger partial charge in [0.1, 0.15) is 11.5 Å². The number of aromatic nitrogens is 2. The van der Waals surface area contributed by atoms with Crippen molar-refractivity contribution in [3.8, 4) is 0 Å². The van der Waals surface area contributed by atoms with Gasteiger partial charge in [-0.2, -0.15) is 0 Å². The molecule has 64 valence electrons. The quantitative estimate of drug-likeness (QED) is 0.357. The van der Waals surface area contributed by atoms with Crippen LogP contribution in [-0.2, 0) is 6.42 Å². The van der Waals surface area contributed by atoms with Gasteiger partial charge in [-0.25, -0.2) is 15.8 Å². The van der Waals surface area contributed by atoms with E-state index in [1.54, 1.807) is 0 Å². The highest BCUT2D eigenvalue weighted by molar-refractivity contribution is 5.91. The van der Waals surface area contributed by atoms with Crippen molar-refractivity contribution in [3.05, 3.63) is 23.8 Å².